The maximum atomic E-state index is 0. The van der Waals surface area contributed by atoms with Crippen LogP contribution in [-0.2, 0) is 47.6 Å². The summed E-state index contributed by atoms with van der Waals surface area (Å²) >= 11 is 0. The van der Waals surface area contributed by atoms with E-state index in [1.165, 1.54) is 0 Å². The third kappa shape index (κ3) is 8.88. The molecular weight excluding hydrogens is 411 g/mol. The van der Waals surface area contributed by atoms with Gasteiger partial charge in [-0.1, -0.05) is 0 Å². The van der Waals surface area contributed by atoms with Crippen LogP contribution in [0, 0.1) is 0 Å². The minimum absolute atomic E-state index is 0. The first-order valence-electron chi connectivity index (χ1n) is 0. The van der Waals surface area contributed by atoms with Gasteiger partial charge < -0.3 is 5.48 Å². The van der Waals surface area contributed by atoms with Crippen molar-refractivity contribution < 1.29 is 47.6 Å². The molecule has 16 valence electrons. The Labute approximate surface area is 72.5 Å². The molecule has 0 rings (SSSR count). The van der Waals surface area contributed by atoms with Gasteiger partial charge in [0.1, 0.15) is 0 Å². The Kier molecular flexibility index (Phi) is 163. The second-order valence-corrected chi connectivity index (χ2v) is 0. The van der Waals surface area contributed by atoms with Gasteiger partial charge >= 0.3 is 46.9 Å². The summed E-state index contributed by atoms with van der Waals surface area (Å²) in [6.45, 7) is 0. The minimum Gasteiger partial charge on any atom is -2.00 e. The maximum Gasteiger partial charge on any atom is 4.00 e. The quantitative estimate of drug-likeness (QED) is 0.482. The molecule has 0 aliphatic rings. The number of hydrogen-bond acceptors (Lipinski definition) is 0. The van der Waals surface area contributed by atoms with Gasteiger partial charge in [0.25, 0.3) is 0 Å². The molecule has 0 aliphatic carbocycles. The van der Waals surface area contributed by atoms with Gasteiger partial charge in [-0.05, 0) is 0 Å². The van der Waals surface area contributed by atoms with Crippen molar-refractivity contribution in [1.82, 2.24) is 0 Å². The van der Waals surface area contributed by atoms with Gasteiger partial charge in [-0.15, -0.1) is 0 Å². The fourth-order valence-electron chi connectivity index (χ4n) is 0. The topological polar surface area (TPSA) is 28.5 Å². The van der Waals surface area contributed by atoms with Gasteiger partial charge in [-0.25, -0.2) is 0 Å². The minimum atomic E-state index is 0. The van der Waals surface area contributed by atoms with Crippen LogP contribution in [0.25, 0.3) is 0 Å². The Morgan fingerprint density at radius 1 is 1.00 bits per heavy atom. The van der Waals surface area contributed by atoms with Crippen molar-refractivity contribution in [2.24, 2.45) is 0 Å². The van der Waals surface area contributed by atoms with Gasteiger partial charge in [0, 0.05) is 21.1 Å². The second kappa shape index (κ2) is 18.9. The first kappa shape index (κ1) is 34.6. The third-order valence-corrected chi connectivity index (χ3v) is 0. The standard InChI is InChI=1S/In.Mo.O.W/q+3;+4;-2;. The van der Waals surface area contributed by atoms with Crippen molar-refractivity contribution >= 4 is 25.8 Å². The molecule has 0 bridgehead atoms. The Hall–Kier alpha value is 2.21. The fourth-order valence-corrected chi connectivity index (χ4v) is 0. The Morgan fingerprint density at radius 2 is 1.00 bits per heavy atom. The van der Waals surface area contributed by atoms with Crippen LogP contribution in [0.15, 0.2) is 0 Å². The van der Waals surface area contributed by atoms with E-state index >= 15 is 0 Å². The summed E-state index contributed by atoms with van der Waals surface area (Å²) in [6, 6.07) is 0. The summed E-state index contributed by atoms with van der Waals surface area (Å²) in [5.41, 5.74) is 0. The molecule has 0 spiro atoms. The molecule has 1 nitrogen and oxygen atoms in total. The summed E-state index contributed by atoms with van der Waals surface area (Å²) in [5, 5.41) is 0. The second-order valence-electron chi connectivity index (χ2n) is 0. The summed E-state index contributed by atoms with van der Waals surface area (Å²) in [7, 11) is 0. The molecule has 0 aromatic heterocycles. The van der Waals surface area contributed by atoms with E-state index in [0.29, 0.717) is 0 Å². The molecule has 0 aromatic rings. The largest absolute Gasteiger partial charge is 4.00 e. The molecule has 0 heterocycles. The van der Waals surface area contributed by atoms with Crippen molar-refractivity contribution in [3.8, 4) is 0 Å². The Balaban J connectivity index is 0. The fraction of sp³-hybridized carbons (Fsp3) is 0. The number of hydrogen-bond donors (Lipinski definition) is 0. The normalized spacial score (nSPS) is 0. The van der Waals surface area contributed by atoms with E-state index in [1.54, 1.807) is 0 Å². The predicted molar refractivity (Wildman–Crippen MR) is 6.44 cm³/mol. The molecule has 0 amide bonds. The van der Waals surface area contributed by atoms with Crippen molar-refractivity contribution in [2.45, 2.75) is 0 Å². The maximum absolute atomic E-state index is 0. The van der Waals surface area contributed by atoms with E-state index < -0.39 is 0 Å². The first-order chi connectivity index (χ1) is 0. The Morgan fingerprint density at radius 3 is 1.00 bits per heavy atom. The smallest absolute Gasteiger partial charge is 2.00 e. The van der Waals surface area contributed by atoms with Crippen LogP contribution < -0.4 is 0 Å². The van der Waals surface area contributed by atoms with Crippen LogP contribution in [0.4, 0.5) is 0 Å². The van der Waals surface area contributed by atoms with Gasteiger partial charge in [0.05, 0.1) is 0 Å². The van der Waals surface area contributed by atoms with Crippen LogP contribution in [0.3, 0.4) is 0 Å². The molecule has 0 aliphatic heterocycles. The van der Waals surface area contributed by atoms with Crippen molar-refractivity contribution in [3.63, 3.8) is 0 Å². The zero-order chi connectivity index (χ0) is 0. The van der Waals surface area contributed by atoms with Crippen LogP contribution >= 0.6 is 0 Å². The predicted octanol–water partition coefficient (Wildman–Crippen LogP) is -0.505. The SMILES string of the molecule is [In+3].[Mo+4].[O-2].[W]. The first-order valence-corrected chi connectivity index (χ1v) is 0. The Bertz CT molecular complexity index is 8.00. The molecular formula is InMoOW+5. The van der Waals surface area contributed by atoms with E-state index in [2.05, 4.69) is 0 Å². The molecule has 4 heteroatoms. The summed E-state index contributed by atoms with van der Waals surface area (Å²) in [4.78, 5) is 0. The van der Waals surface area contributed by atoms with Gasteiger partial charge in [0.2, 0.25) is 0 Å². The monoisotopic (exact) mass is 413 g/mol. The molecule has 4 heavy (non-hydrogen) atoms. The van der Waals surface area contributed by atoms with Gasteiger partial charge in [-0.3, -0.25) is 0 Å². The van der Waals surface area contributed by atoms with E-state index in [4.69, 9.17) is 0 Å². The molecule has 0 saturated heterocycles. The van der Waals surface area contributed by atoms with Gasteiger partial charge in [-0.2, -0.15) is 0 Å². The van der Waals surface area contributed by atoms with Crippen LogP contribution in [0.5, 0.6) is 0 Å². The summed E-state index contributed by atoms with van der Waals surface area (Å²) < 4.78 is 0. The molecule has 0 N–H and O–H groups in total. The molecule has 0 aromatic carbocycles. The summed E-state index contributed by atoms with van der Waals surface area (Å²) in [6.07, 6.45) is 0. The molecule has 0 unspecified atom stereocenters. The zero-order valence-electron chi connectivity index (χ0n) is 1.80. The molecule has 0 radical (unpaired) electrons. The van der Waals surface area contributed by atoms with Crippen molar-refractivity contribution in [3.05, 3.63) is 0 Å². The van der Waals surface area contributed by atoms with Gasteiger partial charge in [0.15, 0.2) is 0 Å². The molecule has 0 fully saturated rings. The van der Waals surface area contributed by atoms with E-state index in [0.717, 1.165) is 0 Å². The molecule has 0 atom stereocenters. The third-order valence-electron chi connectivity index (χ3n) is 0. The number of rotatable bonds is 0. The average molecular weight is 411 g/mol. The van der Waals surface area contributed by atoms with Crippen LogP contribution in [-0.4, -0.2) is 25.8 Å². The van der Waals surface area contributed by atoms with Crippen LogP contribution in [0.2, 0.25) is 0 Å². The van der Waals surface area contributed by atoms with E-state index in [-0.39, 0.29) is 73.5 Å². The van der Waals surface area contributed by atoms with Crippen molar-refractivity contribution in [2.75, 3.05) is 0 Å². The summed E-state index contributed by atoms with van der Waals surface area (Å²) in [5.74, 6) is 0. The van der Waals surface area contributed by atoms with E-state index in [9.17, 15) is 0 Å². The zero-order valence-corrected chi connectivity index (χ0v) is 10.0. The molecule has 0 saturated carbocycles. The van der Waals surface area contributed by atoms with E-state index in [1.807, 2.05) is 0 Å². The van der Waals surface area contributed by atoms with Crippen LogP contribution in [0.1, 0.15) is 0 Å². The van der Waals surface area contributed by atoms with Crippen molar-refractivity contribution in [1.29, 1.82) is 0 Å². The average Bonchev–Trinajstić information content (AvgIpc) is 0.